The average Bonchev–Trinajstić information content (AvgIpc) is 3.51. The van der Waals surface area contributed by atoms with Crippen molar-refractivity contribution in [2.24, 2.45) is 0 Å². The molecule has 0 spiro atoms. The second-order valence-electron chi connectivity index (χ2n) is 8.29. The molecule has 3 aromatic carbocycles. The number of benzene rings is 3. The molecule has 0 saturated heterocycles. The highest BCUT2D eigenvalue weighted by Crippen LogP contribution is 2.37. The monoisotopic (exact) mass is 455 g/mol. The van der Waals surface area contributed by atoms with Crippen molar-refractivity contribution in [3.05, 3.63) is 107 Å². The number of ether oxygens (including phenoxy) is 1. The molecule has 4 aromatic rings. The number of aromatic hydroxyl groups is 2. The van der Waals surface area contributed by atoms with Crippen LogP contribution in [0, 0.1) is 0 Å². The maximum absolute atomic E-state index is 13.5. The Labute approximate surface area is 197 Å². The second-order valence-corrected chi connectivity index (χ2v) is 8.29. The molecule has 7 nitrogen and oxygen atoms in total. The van der Waals surface area contributed by atoms with Gasteiger partial charge in [0.15, 0.2) is 0 Å². The number of nitrogens with one attached hydrogen (secondary N) is 2. The Kier molecular flexibility index (Phi) is 5.82. The van der Waals surface area contributed by atoms with Gasteiger partial charge < -0.3 is 30.2 Å². The van der Waals surface area contributed by atoms with Gasteiger partial charge in [0.2, 0.25) is 0 Å². The van der Waals surface area contributed by atoms with Gasteiger partial charge in [-0.15, -0.1) is 0 Å². The molecule has 0 aliphatic carbocycles. The summed E-state index contributed by atoms with van der Waals surface area (Å²) in [4.78, 5) is 18.2. The van der Waals surface area contributed by atoms with Crippen molar-refractivity contribution in [3.63, 3.8) is 0 Å². The molecule has 0 unspecified atom stereocenters. The standard InChI is InChI=1S/C27H25N3O4/c31-21-11-24(32)26(25(12-21)34-17-18-5-2-1-3-6-18)27(33)30-15-20-7-4-8-23(22(20)16-30)29-14-19-9-10-28-13-19/h1-13,28-29,31-32H,14-17H2. The molecule has 0 radical (unpaired) electrons. The van der Waals surface area contributed by atoms with Gasteiger partial charge in [0.25, 0.3) is 5.91 Å². The minimum Gasteiger partial charge on any atom is -0.508 e. The molecular weight excluding hydrogens is 430 g/mol. The highest BCUT2D eigenvalue weighted by Gasteiger charge is 2.30. The number of carbonyl (C=O) groups is 1. The van der Waals surface area contributed by atoms with Gasteiger partial charge in [-0.2, -0.15) is 0 Å². The molecule has 5 rings (SSSR count). The lowest BCUT2D eigenvalue weighted by Crippen LogP contribution is -2.26. The smallest absolute Gasteiger partial charge is 0.262 e. The van der Waals surface area contributed by atoms with Gasteiger partial charge in [-0.25, -0.2) is 0 Å². The molecule has 2 heterocycles. The molecule has 7 heteroatoms. The summed E-state index contributed by atoms with van der Waals surface area (Å²) in [6, 6.07) is 20.0. The quantitative estimate of drug-likeness (QED) is 0.322. The first kappa shape index (κ1) is 21.5. The van der Waals surface area contributed by atoms with Crippen molar-refractivity contribution in [1.29, 1.82) is 0 Å². The van der Waals surface area contributed by atoms with Crippen molar-refractivity contribution in [2.75, 3.05) is 5.32 Å². The van der Waals surface area contributed by atoms with E-state index in [2.05, 4.69) is 10.3 Å². The summed E-state index contributed by atoms with van der Waals surface area (Å²) in [5.41, 5.74) is 5.18. The van der Waals surface area contributed by atoms with Crippen LogP contribution in [0.4, 0.5) is 5.69 Å². The molecular formula is C27H25N3O4. The first-order chi connectivity index (χ1) is 16.6. The molecule has 4 N–H and O–H groups in total. The molecule has 1 aliphatic rings. The number of aromatic amines is 1. The number of aromatic nitrogens is 1. The molecule has 1 aromatic heterocycles. The number of H-pyrrole nitrogens is 1. The van der Waals surface area contributed by atoms with Gasteiger partial charge in [-0.1, -0.05) is 42.5 Å². The van der Waals surface area contributed by atoms with E-state index in [9.17, 15) is 15.0 Å². The number of hydrogen-bond acceptors (Lipinski definition) is 5. The molecule has 1 aliphatic heterocycles. The summed E-state index contributed by atoms with van der Waals surface area (Å²) >= 11 is 0. The normalized spacial score (nSPS) is 12.4. The Bertz CT molecular complexity index is 1300. The number of amides is 1. The molecule has 0 saturated carbocycles. The average molecular weight is 456 g/mol. The van der Waals surface area contributed by atoms with Crippen LogP contribution < -0.4 is 10.1 Å². The number of hydrogen-bond donors (Lipinski definition) is 4. The van der Waals surface area contributed by atoms with Gasteiger partial charge >= 0.3 is 0 Å². The number of phenolic OH excluding ortho intramolecular Hbond substituents is 2. The fourth-order valence-electron chi connectivity index (χ4n) is 4.21. The molecule has 0 fully saturated rings. The number of anilines is 1. The first-order valence-electron chi connectivity index (χ1n) is 11.1. The predicted molar refractivity (Wildman–Crippen MR) is 129 cm³/mol. The van der Waals surface area contributed by atoms with E-state index in [0.717, 1.165) is 34.0 Å². The lowest BCUT2D eigenvalue weighted by Gasteiger charge is -2.19. The van der Waals surface area contributed by atoms with Crippen molar-refractivity contribution in [3.8, 4) is 17.2 Å². The Balaban J connectivity index is 1.36. The zero-order valence-corrected chi connectivity index (χ0v) is 18.5. The van der Waals surface area contributed by atoms with E-state index in [1.165, 1.54) is 6.07 Å². The summed E-state index contributed by atoms with van der Waals surface area (Å²) in [6.45, 7) is 1.71. The van der Waals surface area contributed by atoms with Gasteiger partial charge in [0, 0.05) is 49.8 Å². The highest BCUT2D eigenvalue weighted by molar-refractivity contribution is 6.00. The van der Waals surface area contributed by atoms with Crippen LogP contribution in [0.1, 0.15) is 32.6 Å². The van der Waals surface area contributed by atoms with Gasteiger partial charge in [0.05, 0.1) is 0 Å². The number of nitrogens with zero attached hydrogens (tertiary/aromatic N) is 1. The summed E-state index contributed by atoms with van der Waals surface area (Å²) in [5, 5.41) is 24.0. The van der Waals surface area contributed by atoms with Crippen LogP contribution >= 0.6 is 0 Å². The summed E-state index contributed by atoms with van der Waals surface area (Å²) in [7, 11) is 0. The zero-order valence-electron chi connectivity index (χ0n) is 18.5. The third-order valence-corrected chi connectivity index (χ3v) is 5.93. The highest BCUT2D eigenvalue weighted by atomic mass is 16.5. The summed E-state index contributed by atoms with van der Waals surface area (Å²) in [5.74, 6) is -0.686. The van der Waals surface area contributed by atoms with E-state index in [-0.39, 0.29) is 35.3 Å². The van der Waals surface area contributed by atoms with Crippen LogP contribution in [0.5, 0.6) is 17.2 Å². The lowest BCUT2D eigenvalue weighted by atomic mass is 10.1. The minimum absolute atomic E-state index is 0.0448. The largest absolute Gasteiger partial charge is 0.508 e. The van der Waals surface area contributed by atoms with E-state index in [1.807, 2.05) is 67.0 Å². The molecule has 172 valence electrons. The van der Waals surface area contributed by atoms with Crippen molar-refractivity contribution >= 4 is 11.6 Å². The Hall–Kier alpha value is -4.39. The van der Waals surface area contributed by atoms with Crippen molar-refractivity contribution < 1.29 is 19.7 Å². The van der Waals surface area contributed by atoms with E-state index in [4.69, 9.17) is 4.74 Å². The van der Waals surface area contributed by atoms with Gasteiger partial charge in [-0.05, 0) is 34.4 Å². The first-order valence-corrected chi connectivity index (χ1v) is 11.1. The van der Waals surface area contributed by atoms with Gasteiger partial charge in [0.1, 0.15) is 29.4 Å². The van der Waals surface area contributed by atoms with Crippen LogP contribution in [-0.4, -0.2) is 26.0 Å². The number of fused-ring (bicyclic) bond motifs is 1. The lowest BCUT2D eigenvalue weighted by molar-refractivity contribution is 0.0743. The van der Waals surface area contributed by atoms with Crippen LogP contribution in [0.15, 0.2) is 79.1 Å². The third kappa shape index (κ3) is 4.41. The van der Waals surface area contributed by atoms with Crippen LogP contribution in [-0.2, 0) is 26.2 Å². The second kappa shape index (κ2) is 9.23. The predicted octanol–water partition coefficient (Wildman–Crippen LogP) is 4.77. The SMILES string of the molecule is O=C(c1c(O)cc(O)cc1OCc1ccccc1)N1Cc2cccc(NCc3cc[nH]c3)c2C1. The van der Waals surface area contributed by atoms with Crippen LogP contribution in [0.2, 0.25) is 0 Å². The third-order valence-electron chi connectivity index (χ3n) is 5.93. The van der Waals surface area contributed by atoms with Crippen molar-refractivity contribution in [2.45, 2.75) is 26.2 Å². The van der Waals surface area contributed by atoms with Crippen molar-refractivity contribution in [1.82, 2.24) is 9.88 Å². The maximum Gasteiger partial charge on any atom is 0.262 e. The minimum atomic E-state index is -0.353. The number of phenols is 2. The summed E-state index contributed by atoms with van der Waals surface area (Å²) in [6.07, 6.45) is 3.82. The Morgan fingerprint density at radius 3 is 2.65 bits per heavy atom. The topological polar surface area (TPSA) is 97.8 Å². The molecule has 1 amide bonds. The fourth-order valence-corrected chi connectivity index (χ4v) is 4.21. The number of rotatable bonds is 7. The van der Waals surface area contributed by atoms with E-state index < -0.39 is 0 Å². The van der Waals surface area contributed by atoms with Gasteiger partial charge in [-0.3, -0.25) is 4.79 Å². The van der Waals surface area contributed by atoms with Crippen LogP contribution in [0.3, 0.4) is 0 Å². The van der Waals surface area contributed by atoms with E-state index >= 15 is 0 Å². The maximum atomic E-state index is 13.5. The van der Waals surface area contributed by atoms with E-state index in [0.29, 0.717) is 19.6 Å². The van der Waals surface area contributed by atoms with Crippen LogP contribution in [0.25, 0.3) is 0 Å². The Morgan fingerprint density at radius 1 is 1.00 bits per heavy atom. The number of carbonyl (C=O) groups excluding carboxylic acids is 1. The Morgan fingerprint density at radius 2 is 1.85 bits per heavy atom. The summed E-state index contributed by atoms with van der Waals surface area (Å²) < 4.78 is 5.86. The van der Waals surface area contributed by atoms with E-state index in [1.54, 1.807) is 4.90 Å². The molecule has 0 bridgehead atoms. The molecule has 34 heavy (non-hydrogen) atoms. The zero-order chi connectivity index (χ0) is 23.5. The fraction of sp³-hybridized carbons (Fsp3) is 0.148. The molecule has 0 atom stereocenters.